The van der Waals surface area contributed by atoms with Crippen LogP contribution in [0.1, 0.15) is 92.0 Å². The van der Waals surface area contributed by atoms with Crippen molar-refractivity contribution >= 4 is 40.5 Å². The highest BCUT2D eigenvalue weighted by atomic mass is 16.6. The Kier molecular flexibility index (Phi) is 13.4. The average Bonchev–Trinajstić information content (AvgIpc) is 3.53. The van der Waals surface area contributed by atoms with Gasteiger partial charge in [-0.15, -0.1) is 0 Å². The van der Waals surface area contributed by atoms with Crippen molar-refractivity contribution in [1.82, 2.24) is 9.88 Å². The molecule has 5 N–H and O–H groups in total. The molecule has 4 aromatic rings. The second-order valence-electron chi connectivity index (χ2n) is 14.7. The van der Waals surface area contributed by atoms with Crippen LogP contribution in [0.4, 0.5) is 0 Å². The zero-order chi connectivity index (χ0) is 38.8. The van der Waals surface area contributed by atoms with Crippen molar-refractivity contribution < 1.29 is 38.2 Å². The van der Waals surface area contributed by atoms with Gasteiger partial charge in [-0.2, -0.15) is 0 Å². The Hall–Kier alpha value is -5.33. The number of unbranched alkanes of at least 4 members (excludes halogenated alkanes) is 1. The van der Waals surface area contributed by atoms with Crippen LogP contribution in [0.15, 0.2) is 78.9 Å². The minimum atomic E-state index is -1.05. The highest BCUT2D eigenvalue weighted by Gasteiger charge is 2.37. The fourth-order valence-corrected chi connectivity index (χ4v) is 6.49. The number of H-pyrrole nitrogens is 1. The molecule has 286 valence electrons. The summed E-state index contributed by atoms with van der Waals surface area (Å²) in [6.45, 7) is 5.49. The van der Waals surface area contributed by atoms with Crippen molar-refractivity contribution in [2.24, 2.45) is 11.5 Å². The molecular formula is C42H50N4O8. The van der Waals surface area contributed by atoms with Crippen LogP contribution >= 0.6 is 0 Å². The van der Waals surface area contributed by atoms with Crippen LogP contribution < -0.4 is 11.5 Å². The number of esters is 3. The zero-order valence-corrected chi connectivity index (χ0v) is 31.2. The summed E-state index contributed by atoms with van der Waals surface area (Å²) < 4.78 is 16.5. The quantitative estimate of drug-likeness (QED) is 0.0761. The van der Waals surface area contributed by atoms with E-state index in [0.29, 0.717) is 31.2 Å². The number of rotatable bonds is 16. The maximum Gasteiger partial charge on any atom is 0.339 e. The van der Waals surface area contributed by atoms with Gasteiger partial charge >= 0.3 is 17.9 Å². The van der Waals surface area contributed by atoms with Gasteiger partial charge in [-0.3, -0.25) is 14.4 Å². The second-order valence-corrected chi connectivity index (χ2v) is 14.7. The van der Waals surface area contributed by atoms with Crippen LogP contribution in [0.2, 0.25) is 0 Å². The van der Waals surface area contributed by atoms with E-state index in [0.717, 1.165) is 27.7 Å². The lowest BCUT2D eigenvalue weighted by Gasteiger charge is -2.34. The van der Waals surface area contributed by atoms with E-state index < -0.39 is 41.6 Å². The van der Waals surface area contributed by atoms with Crippen LogP contribution in [0, 0.1) is 0 Å². The van der Waals surface area contributed by atoms with Gasteiger partial charge in [0.05, 0.1) is 18.2 Å². The van der Waals surface area contributed by atoms with Gasteiger partial charge < -0.3 is 35.6 Å². The zero-order valence-electron chi connectivity index (χ0n) is 31.2. The molecule has 1 amide bonds. The molecule has 0 saturated carbocycles. The number of ketones is 1. The van der Waals surface area contributed by atoms with Gasteiger partial charge in [-0.1, -0.05) is 73.2 Å². The molecular weight excluding hydrogens is 688 g/mol. The first-order valence-corrected chi connectivity index (χ1v) is 18.4. The molecule has 3 aromatic carbocycles. The Morgan fingerprint density at radius 3 is 2.28 bits per heavy atom. The molecule has 0 aliphatic carbocycles. The van der Waals surface area contributed by atoms with E-state index in [1.165, 1.54) is 0 Å². The third kappa shape index (κ3) is 10.6. The van der Waals surface area contributed by atoms with Crippen molar-refractivity contribution in [2.45, 2.75) is 109 Å². The third-order valence-corrected chi connectivity index (χ3v) is 9.40. The lowest BCUT2D eigenvalue weighted by Crippen LogP contribution is -2.49. The van der Waals surface area contributed by atoms with E-state index in [9.17, 15) is 24.0 Å². The fraction of sp³-hybridized carbons (Fsp3) is 0.405. The molecule has 1 aromatic heterocycles. The molecule has 0 fully saturated rings. The Morgan fingerprint density at radius 2 is 1.52 bits per heavy atom. The van der Waals surface area contributed by atoms with Crippen molar-refractivity contribution in [2.75, 3.05) is 0 Å². The number of para-hydroxylation sites is 1. The minimum Gasteiger partial charge on any atom is -0.460 e. The maximum atomic E-state index is 13.6. The first-order valence-electron chi connectivity index (χ1n) is 18.4. The smallest absolute Gasteiger partial charge is 0.339 e. The third-order valence-electron chi connectivity index (χ3n) is 9.40. The molecule has 2 heterocycles. The van der Waals surface area contributed by atoms with Gasteiger partial charge in [-0.05, 0) is 63.3 Å². The predicted molar refractivity (Wildman–Crippen MR) is 203 cm³/mol. The summed E-state index contributed by atoms with van der Waals surface area (Å²) in [6.07, 6.45) is 1.88. The molecule has 0 spiro atoms. The van der Waals surface area contributed by atoms with E-state index in [1.54, 1.807) is 49.9 Å². The van der Waals surface area contributed by atoms with Crippen molar-refractivity contribution in [3.05, 3.63) is 107 Å². The number of benzene rings is 3. The van der Waals surface area contributed by atoms with Gasteiger partial charge in [0.25, 0.3) is 0 Å². The first-order chi connectivity index (χ1) is 25.8. The number of nitrogens with zero attached hydrogens (tertiary/aromatic N) is 1. The molecule has 0 saturated heterocycles. The molecule has 5 rings (SSSR count). The van der Waals surface area contributed by atoms with Crippen molar-refractivity contribution in [1.29, 1.82) is 0 Å². The second kappa shape index (κ2) is 18.1. The van der Waals surface area contributed by atoms with Gasteiger partial charge in [0.15, 0.2) is 0 Å². The van der Waals surface area contributed by atoms with Crippen LogP contribution in [0.3, 0.4) is 0 Å². The number of aromatic amines is 1. The van der Waals surface area contributed by atoms with Crippen LogP contribution in [-0.2, 0) is 59.6 Å². The number of nitrogens with two attached hydrogens (primary N) is 2. The summed E-state index contributed by atoms with van der Waals surface area (Å²) in [5, 5.41) is 1.03. The molecule has 0 bridgehead atoms. The largest absolute Gasteiger partial charge is 0.460 e. The highest BCUT2D eigenvalue weighted by Crippen LogP contribution is 2.31. The molecule has 1 aliphatic heterocycles. The number of fused-ring (bicyclic) bond motifs is 3. The number of hydrogen-bond donors (Lipinski definition) is 3. The molecule has 1 aliphatic rings. The van der Waals surface area contributed by atoms with E-state index in [4.69, 9.17) is 25.7 Å². The Labute approximate surface area is 315 Å². The SMILES string of the molecule is CC(C)(C)OC(=O)c1ccccc1COC(=O)[C@@H](N)CCC(=O)C(N)CCCCC(=O)N1Cc2[nH]c3ccccc3c2C[C@H]1C(=O)OCc1ccccc1. The summed E-state index contributed by atoms with van der Waals surface area (Å²) >= 11 is 0. The Bertz CT molecular complexity index is 1950. The number of carbonyl (C=O) groups is 5. The minimum absolute atomic E-state index is 0.0156. The maximum absolute atomic E-state index is 13.6. The number of amides is 1. The van der Waals surface area contributed by atoms with Gasteiger partial charge in [0.1, 0.15) is 36.7 Å². The number of nitrogens with one attached hydrogen (secondary N) is 1. The molecule has 54 heavy (non-hydrogen) atoms. The number of aromatic nitrogens is 1. The van der Waals surface area contributed by atoms with Crippen molar-refractivity contribution in [3.63, 3.8) is 0 Å². The van der Waals surface area contributed by atoms with E-state index in [1.807, 2.05) is 54.6 Å². The van der Waals surface area contributed by atoms with E-state index >= 15 is 0 Å². The van der Waals surface area contributed by atoms with Crippen LogP contribution in [0.25, 0.3) is 10.9 Å². The molecule has 12 nitrogen and oxygen atoms in total. The normalized spacial score (nSPS) is 15.2. The number of hydrogen-bond acceptors (Lipinski definition) is 10. The highest BCUT2D eigenvalue weighted by molar-refractivity contribution is 5.92. The first kappa shape index (κ1) is 39.9. The Balaban J connectivity index is 1.07. The number of ether oxygens (including phenoxy) is 3. The van der Waals surface area contributed by atoms with Crippen molar-refractivity contribution in [3.8, 4) is 0 Å². The summed E-state index contributed by atoms with van der Waals surface area (Å²) in [6, 6.07) is 21.4. The molecule has 12 heteroatoms. The van der Waals surface area contributed by atoms with E-state index in [-0.39, 0.29) is 56.3 Å². The monoisotopic (exact) mass is 738 g/mol. The average molecular weight is 739 g/mol. The predicted octanol–water partition coefficient (Wildman–Crippen LogP) is 5.43. The van der Waals surface area contributed by atoms with Gasteiger partial charge in [-0.25, -0.2) is 9.59 Å². The van der Waals surface area contributed by atoms with Gasteiger partial charge in [0, 0.05) is 41.4 Å². The summed E-state index contributed by atoms with van der Waals surface area (Å²) in [7, 11) is 0. The lowest BCUT2D eigenvalue weighted by atomic mass is 9.95. The molecule has 0 radical (unpaired) electrons. The van der Waals surface area contributed by atoms with Crippen LogP contribution in [-0.4, -0.2) is 63.2 Å². The lowest BCUT2D eigenvalue weighted by molar-refractivity contribution is -0.157. The molecule has 1 unspecified atom stereocenters. The fourth-order valence-electron chi connectivity index (χ4n) is 6.49. The molecule has 3 atom stereocenters. The van der Waals surface area contributed by atoms with Crippen LogP contribution in [0.5, 0.6) is 0 Å². The Morgan fingerprint density at radius 1 is 0.815 bits per heavy atom. The topological polar surface area (TPSA) is 184 Å². The standard InChI is InChI=1S/C42H50N4O8/c1-42(2,3)54-39(49)29-16-8-7-15-28(29)26-53-40(50)33(44)21-22-37(47)32(43)18-10-12-20-38(48)46-24-35-31(30-17-9-11-19-34(30)45-35)23-36(46)41(51)52-25-27-13-5-4-6-14-27/h4-9,11,13-17,19,32-33,36,45H,10,12,18,20-26,43-44H2,1-3H3/t32?,33-,36-/m0/s1. The number of Topliss-reactive ketones (excluding diaryl/α,β-unsaturated/α-hetero) is 1. The van der Waals surface area contributed by atoms with Gasteiger partial charge in [0.2, 0.25) is 5.91 Å². The van der Waals surface area contributed by atoms with E-state index in [2.05, 4.69) is 4.98 Å². The summed E-state index contributed by atoms with van der Waals surface area (Å²) in [5.74, 6) is -2.11. The summed E-state index contributed by atoms with van der Waals surface area (Å²) in [5.41, 5.74) is 16.0. The summed E-state index contributed by atoms with van der Waals surface area (Å²) in [4.78, 5) is 70.1. The number of carbonyl (C=O) groups excluding carboxylic acids is 5.